The van der Waals surface area contributed by atoms with Crippen molar-refractivity contribution >= 4 is 21.6 Å². The zero-order chi connectivity index (χ0) is 14.5. The maximum absolute atomic E-state index is 9.67. The smallest absolute Gasteiger partial charge is 0.0772 e. The first-order valence-electron chi connectivity index (χ1n) is 7.17. The Balaban J connectivity index is 2.06. The first-order valence-corrected chi connectivity index (χ1v) is 7.97. The van der Waals surface area contributed by atoms with Crippen molar-refractivity contribution in [1.82, 2.24) is 4.90 Å². The molecule has 0 aliphatic carbocycles. The first kappa shape index (κ1) is 15.8. The summed E-state index contributed by atoms with van der Waals surface area (Å²) in [4.78, 5) is 4.67. The van der Waals surface area contributed by atoms with Gasteiger partial charge in [0.05, 0.1) is 12.7 Å². The molecule has 2 N–H and O–H groups in total. The van der Waals surface area contributed by atoms with E-state index >= 15 is 0 Å². The van der Waals surface area contributed by atoms with Crippen LogP contribution in [0, 0.1) is 0 Å². The van der Waals surface area contributed by atoms with E-state index in [0.717, 1.165) is 49.2 Å². The van der Waals surface area contributed by atoms with Crippen molar-refractivity contribution in [3.63, 3.8) is 0 Å². The summed E-state index contributed by atoms with van der Waals surface area (Å²) in [5.41, 5.74) is 2.11. The van der Waals surface area contributed by atoms with Crippen molar-refractivity contribution < 1.29 is 10.2 Å². The second-order valence-corrected chi connectivity index (χ2v) is 6.14. The number of aliphatic hydroxyl groups excluding tert-OH is 2. The van der Waals surface area contributed by atoms with Gasteiger partial charge in [-0.05, 0) is 37.6 Å². The van der Waals surface area contributed by atoms with Crippen LogP contribution in [0.1, 0.15) is 25.0 Å². The zero-order valence-corrected chi connectivity index (χ0v) is 13.5. The molecule has 0 bridgehead atoms. The van der Waals surface area contributed by atoms with Gasteiger partial charge in [-0.1, -0.05) is 22.0 Å². The molecular weight excluding hydrogens is 320 g/mol. The number of hydrogen-bond donors (Lipinski definition) is 2. The number of nitrogens with zero attached hydrogens (tertiary/aromatic N) is 2. The summed E-state index contributed by atoms with van der Waals surface area (Å²) in [5, 5.41) is 18.7. The molecule has 4 nitrogen and oxygen atoms in total. The molecule has 1 aromatic carbocycles. The Morgan fingerprint density at radius 3 is 2.70 bits per heavy atom. The topological polar surface area (TPSA) is 46.9 Å². The van der Waals surface area contributed by atoms with Crippen LogP contribution in [-0.2, 0) is 0 Å². The third-order valence-corrected chi connectivity index (χ3v) is 4.49. The van der Waals surface area contributed by atoms with Crippen molar-refractivity contribution in [2.45, 2.75) is 19.4 Å². The number of hydrogen-bond acceptors (Lipinski definition) is 4. The Morgan fingerprint density at radius 1 is 1.25 bits per heavy atom. The minimum Gasteiger partial charge on any atom is -0.395 e. The van der Waals surface area contributed by atoms with Gasteiger partial charge in [-0.15, -0.1) is 0 Å². The van der Waals surface area contributed by atoms with E-state index in [1.165, 1.54) is 5.69 Å². The average Bonchev–Trinajstić information content (AvgIpc) is 2.64. The Hall–Kier alpha value is -0.620. The third kappa shape index (κ3) is 3.95. The molecule has 1 aromatic rings. The van der Waals surface area contributed by atoms with Gasteiger partial charge in [-0.2, -0.15) is 0 Å². The van der Waals surface area contributed by atoms with E-state index in [0.29, 0.717) is 0 Å². The number of β-amino-alcohol motifs (C(OH)–C–C–N with tert-alkyl or cyclic N) is 1. The van der Waals surface area contributed by atoms with E-state index in [1.54, 1.807) is 6.92 Å². The fourth-order valence-electron chi connectivity index (χ4n) is 2.65. The molecule has 0 radical (unpaired) electrons. The summed E-state index contributed by atoms with van der Waals surface area (Å²) in [7, 11) is 0. The van der Waals surface area contributed by atoms with Crippen LogP contribution in [0.3, 0.4) is 0 Å². The van der Waals surface area contributed by atoms with Gasteiger partial charge >= 0.3 is 0 Å². The van der Waals surface area contributed by atoms with Gasteiger partial charge in [0.25, 0.3) is 0 Å². The van der Waals surface area contributed by atoms with Crippen molar-refractivity contribution in [3.8, 4) is 0 Å². The van der Waals surface area contributed by atoms with Gasteiger partial charge in [0.1, 0.15) is 0 Å². The van der Waals surface area contributed by atoms with E-state index in [1.807, 2.05) is 6.07 Å². The van der Waals surface area contributed by atoms with Gasteiger partial charge in [-0.3, -0.25) is 4.90 Å². The summed E-state index contributed by atoms with van der Waals surface area (Å²) in [5.74, 6) is 0. The maximum Gasteiger partial charge on any atom is 0.0772 e. The van der Waals surface area contributed by atoms with Crippen LogP contribution in [0.2, 0.25) is 0 Å². The van der Waals surface area contributed by atoms with Gasteiger partial charge in [-0.25, -0.2) is 0 Å². The fraction of sp³-hybridized carbons (Fsp3) is 0.600. The molecule has 2 rings (SSSR count). The molecule has 0 aromatic heterocycles. The van der Waals surface area contributed by atoms with Crippen LogP contribution in [0.5, 0.6) is 0 Å². The summed E-state index contributed by atoms with van der Waals surface area (Å²) in [6.07, 6.45) is 0.651. The largest absolute Gasteiger partial charge is 0.395 e. The molecule has 1 fully saturated rings. The molecule has 0 amide bonds. The van der Waals surface area contributed by atoms with Crippen molar-refractivity contribution in [1.29, 1.82) is 0 Å². The van der Waals surface area contributed by atoms with Crippen molar-refractivity contribution in [2.24, 2.45) is 0 Å². The van der Waals surface area contributed by atoms with E-state index < -0.39 is 6.10 Å². The average molecular weight is 343 g/mol. The summed E-state index contributed by atoms with van der Waals surface area (Å²) < 4.78 is 0.960. The molecule has 1 saturated heterocycles. The molecule has 1 atom stereocenters. The van der Waals surface area contributed by atoms with Gasteiger partial charge < -0.3 is 15.1 Å². The van der Waals surface area contributed by atoms with E-state index in [-0.39, 0.29) is 6.61 Å². The van der Waals surface area contributed by atoms with E-state index in [9.17, 15) is 5.11 Å². The quantitative estimate of drug-likeness (QED) is 0.878. The minimum absolute atomic E-state index is 0.231. The Bertz CT molecular complexity index is 440. The molecule has 0 spiro atoms. The second-order valence-electron chi connectivity index (χ2n) is 5.29. The highest BCUT2D eigenvalue weighted by Crippen LogP contribution is 2.28. The lowest BCUT2D eigenvalue weighted by molar-refractivity contribution is 0.198. The minimum atomic E-state index is -0.456. The lowest BCUT2D eigenvalue weighted by atomic mass is 10.1. The highest BCUT2D eigenvalue weighted by Gasteiger charge is 2.16. The number of halogens is 1. The molecule has 5 heteroatoms. The van der Waals surface area contributed by atoms with E-state index in [4.69, 9.17) is 5.11 Å². The molecule has 1 aliphatic rings. The SMILES string of the molecule is C[C@@H](O)c1ccc(N2CCCN(CCO)CC2)cc1Br. The standard InChI is InChI=1S/C15H23BrN2O2/c1-12(20)14-4-3-13(11-15(14)16)18-6-2-5-17(7-8-18)9-10-19/h3-4,11-12,19-20H,2,5-10H2,1H3/t12-/m1/s1. The lowest BCUT2D eigenvalue weighted by Crippen LogP contribution is -2.32. The first-order chi connectivity index (χ1) is 9.61. The molecular formula is C15H23BrN2O2. The monoisotopic (exact) mass is 342 g/mol. The Morgan fingerprint density at radius 2 is 2.05 bits per heavy atom. The molecule has 112 valence electrons. The molecule has 1 heterocycles. The fourth-order valence-corrected chi connectivity index (χ4v) is 3.34. The van der Waals surface area contributed by atoms with Gasteiger partial charge in [0.15, 0.2) is 0 Å². The Labute approximate surface area is 129 Å². The van der Waals surface area contributed by atoms with E-state index in [2.05, 4.69) is 37.9 Å². The van der Waals surface area contributed by atoms with Gasteiger partial charge in [0.2, 0.25) is 0 Å². The molecule has 0 unspecified atom stereocenters. The van der Waals surface area contributed by atoms with Crippen LogP contribution < -0.4 is 4.90 Å². The van der Waals surface area contributed by atoms with Crippen LogP contribution >= 0.6 is 15.9 Å². The second kappa shape index (κ2) is 7.41. The van der Waals surface area contributed by atoms with Crippen LogP contribution in [-0.4, -0.2) is 54.4 Å². The van der Waals surface area contributed by atoms with Crippen molar-refractivity contribution in [2.75, 3.05) is 44.2 Å². The van der Waals surface area contributed by atoms with Crippen LogP contribution in [0.25, 0.3) is 0 Å². The normalized spacial score (nSPS) is 18.9. The number of anilines is 1. The highest BCUT2D eigenvalue weighted by molar-refractivity contribution is 9.10. The summed E-state index contributed by atoms with van der Waals surface area (Å²) >= 11 is 3.54. The predicted octanol–water partition coefficient (Wildman–Crippen LogP) is 2.01. The maximum atomic E-state index is 9.67. The highest BCUT2D eigenvalue weighted by atomic mass is 79.9. The lowest BCUT2D eigenvalue weighted by Gasteiger charge is -2.24. The summed E-state index contributed by atoms with van der Waals surface area (Å²) in [6, 6.07) is 6.15. The predicted molar refractivity (Wildman–Crippen MR) is 85.1 cm³/mol. The molecule has 0 saturated carbocycles. The molecule has 1 aliphatic heterocycles. The zero-order valence-electron chi connectivity index (χ0n) is 11.9. The summed E-state index contributed by atoms with van der Waals surface area (Å²) in [6.45, 7) is 6.80. The van der Waals surface area contributed by atoms with Gasteiger partial charge in [0, 0.05) is 36.3 Å². The number of rotatable bonds is 4. The van der Waals surface area contributed by atoms with Crippen LogP contribution in [0.15, 0.2) is 22.7 Å². The van der Waals surface area contributed by atoms with Crippen molar-refractivity contribution in [3.05, 3.63) is 28.2 Å². The number of benzene rings is 1. The molecule has 20 heavy (non-hydrogen) atoms. The third-order valence-electron chi connectivity index (χ3n) is 3.80. The van der Waals surface area contributed by atoms with Crippen LogP contribution in [0.4, 0.5) is 5.69 Å². The Kier molecular flexibility index (Phi) is 5.84. The number of aliphatic hydroxyl groups is 2.